The molecule has 0 bridgehead atoms. The molecule has 1 amide bonds. The van der Waals surface area contributed by atoms with Crippen molar-refractivity contribution in [3.05, 3.63) is 30.1 Å². The van der Waals surface area contributed by atoms with Gasteiger partial charge in [0.05, 0.1) is 18.2 Å². The summed E-state index contributed by atoms with van der Waals surface area (Å²) in [6, 6.07) is 6.45. The molecule has 136 valence electrons. The molecule has 1 aromatic rings. The summed E-state index contributed by atoms with van der Waals surface area (Å²) >= 11 is 0. The van der Waals surface area contributed by atoms with E-state index >= 15 is 0 Å². The topological polar surface area (TPSA) is 57.3 Å². The highest BCUT2D eigenvalue weighted by atomic mass is 35.5. The summed E-state index contributed by atoms with van der Waals surface area (Å²) in [7, 11) is 0. The fourth-order valence-corrected chi connectivity index (χ4v) is 3.55. The van der Waals surface area contributed by atoms with E-state index in [1.165, 1.54) is 12.8 Å². The van der Waals surface area contributed by atoms with E-state index in [2.05, 4.69) is 20.5 Å². The number of carbonyl (C=O) groups is 1. The van der Waals surface area contributed by atoms with Crippen molar-refractivity contribution in [2.24, 2.45) is 5.92 Å². The molecule has 0 radical (unpaired) electrons. The number of halogens is 2. The quantitative estimate of drug-likeness (QED) is 0.845. The van der Waals surface area contributed by atoms with Crippen LogP contribution in [0.5, 0.6) is 0 Å². The lowest BCUT2D eigenvalue weighted by Crippen LogP contribution is -2.50. The van der Waals surface area contributed by atoms with Gasteiger partial charge in [-0.15, -0.1) is 24.8 Å². The van der Waals surface area contributed by atoms with Gasteiger partial charge in [-0.2, -0.15) is 0 Å². The van der Waals surface area contributed by atoms with E-state index in [-0.39, 0.29) is 36.6 Å². The summed E-state index contributed by atoms with van der Waals surface area (Å²) in [4.78, 5) is 19.2. The van der Waals surface area contributed by atoms with E-state index in [9.17, 15) is 4.79 Å². The van der Waals surface area contributed by atoms with Crippen molar-refractivity contribution in [2.75, 3.05) is 26.2 Å². The van der Waals surface area contributed by atoms with E-state index in [1.807, 2.05) is 18.2 Å². The van der Waals surface area contributed by atoms with Gasteiger partial charge in [-0.3, -0.25) is 14.7 Å². The Bertz CT molecular complexity index is 483. The van der Waals surface area contributed by atoms with Crippen molar-refractivity contribution in [3.8, 4) is 0 Å². The third-order valence-electron chi connectivity index (χ3n) is 4.82. The Morgan fingerprint density at radius 2 is 2.04 bits per heavy atom. The average Bonchev–Trinajstić information content (AvgIpc) is 2.61. The number of amides is 1. The van der Waals surface area contributed by atoms with Crippen molar-refractivity contribution >= 4 is 30.7 Å². The highest BCUT2D eigenvalue weighted by Gasteiger charge is 2.30. The van der Waals surface area contributed by atoms with Gasteiger partial charge < -0.3 is 10.6 Å². The van der Waals surface area contributed by atoms with Crippen molar-refractivity contribution in [2.45, 2.75) is 38.3 Å². The van der Waals surface area contributed by atoms with Crippen LogP contribution in [-0.4, -0.2) is 48.0 Å². The molecule has 0 aromatic carbocycles. The van der Waals surface area contributed by atoms with E-state index in [0.29, 0.717) is 12.6 Å². The Balaban J connectivity index is 0.00000144. The molecule has 1 unspecified atom stereocenters. The third-order valence-corrected chi connectivity index (χ3v) is 4.82. The first-order valence-corrected chi connectivity index (χ1v) is 8.45. The maximum Gasteiger partial charge on any atom is 0.224 e. The maximum absolute atomic E-state index is 12.4. The molecule has 0 spiro atoms. The minimum Gasteiger partial charge on any atom is -0.350 e. The Morgan fingerprint density at radius 3 is 2.75 bits per heavy atom. The average molecular weight is 375 g/mol. The van der Waals surface area contributed by atoms with Gasteiger partial charge in [0, 0.05) is 18.8 Å². The number of pyridine rings is 1. The number of nitrogens with one attached hydrogen (secondary N) is 2. The molecular formula is C17H28Cl2N4O. The van der Waals surface area contributed by atoms with Crippen molar-refractivity contribution in [1.29, 1.82) is 0 Å². The smallest absolute Gasteiger partial charge is 0.224 e. The standard InChI is InChI=1S/C17H26N4O.2ClH/c22-17(20-12-15-5-1-2-8-19-15)14-4-3-11-21(13-14)16-6-9-18-10-7-16;;/h1-2,5,8,14,16,18H,3-4,6-7,9-13H2,(H,20,22);2*1H. The van der Waals surface area contributed by atoms with Crippen LogP contribution < -0.4 is 10.6 Å². The van der Waals surface area contributed by atoms with Gasteiger partial charge in [0.25, 0.3) is 0 Å². The molecule has 24 heavy (non-hydrogen) atoms. The molecule has 2 N–H and O–H groups in total. The number of hydrogen-bond acceptors (Lipinski definition) is 4. The monoisotopic (exact) mass is 374 g/mol. The zero-order chi connectivity index (χ0) is 15.2. The van der Waals surface area contributed by atoms with Gasteiger partial charge in [-0.25, -0.2) is 0 Å². The number of rotatable bonds is 4. The Labute approximate surface area is 156 Å². The lowest BCUT2D eigenvalue weighted by atomic mass is 9.93. The minimum absolute atomic E-state index is 0. The molecule has 3 heterocycles. The SMILES string of the molecule is Cl.Cl.O=C(NCc1ccccn1)C1CCCN(C2CCNCC2)C1. The summed E-state index contributed by atoms with van der Waals surface area (Å²) in [5, 5.41) is 6.47. The normalized spacial score (nSPS) is 22.1. The second-order valence-corrected chi connectivity index (χ2v) is 6.35. The van der Waals surface area contributed by atoms with Crippen LogP contribution in [0, 0.1) is 5.92 Å². The van der Waals surface area contributed by atoms with Gasteiger partial charge in [0.1, 0.15) is 0 Å². The van der Waals surface area contributed by atoms with E-state index in [1.54, 1.807) is 6.20 Å². The number of likely N-dealkylation sites (tertiary alicyclic amines) is 1. The van der Waals surface area contributed by atoms with Crippen LogP contribution in [0.25, 0.3) is 0 Å². The molecule has 0 aliphatic carbocycles. The van der Waals surface area contributed by atoms with Gasteiger partial charge in [0.15, 0.2) is 0 Å². The molecule has 2 aliphatic rings. The van der Waals surface area contributed by atoms with Crippen LogP contribution in [0.2, 0.25) is 0 Å². The van der Waals surface area contributed by atoms with Crippen LogP contribution in [0.1, 0.15) is 31.4 Å². The Kier molecular flexibility index (Phi) is 9.59. The first kappa shape index (κ1) is 21.2. The predicted octanol–water partition coefficient (Wildman–Crippen LogP) is 2.01. The molecule has 0 saturated carbocycles. The zero-order valence-corrected chi connectivity index (χ0v) is 15.6. The number of carbonyl (C=O) groups excluding carboxylic acids is 1. The molecular weight excluding hydrogens is 347 g/mol. The molecule has 1 atom stereocenters. The van der Waals surface area contributed by atoms with Gasteiger partial charge >= 0.3 is 0 Å². The zero-order valence-electron chi connectivity index (χ0n) is 13.9. The summed E-state index contributed by atoms with van der Waals surface area (Å²) < 4.78 is 0. The second kappa shape index (κ2) is 10.9. The number of aromatic nitrogens is 1. The lowest BCUT2D eigenvalue weighted by molar-refractivity contribution is -0.127. The van der Waals surface area contributed by atoms with Crippen LogP contribution in [0.4, 0.5) is 0 Å². The third kappa shape index (κ3) is 5.88. The molecule has 2 fully saturated rings. The minimum atomic E-state index is 0. The molecule has 1 aromatic heterocycles. The first-order chi connectivity index (χ1) is 10.8. The van der Waals surface area contributed by atoms with Crippen molar-refractivity contribution in [3.63, 3.8) is 0 Å². The highest BCUT2D eigenvalue weighted by Crippen LogP contribution is 2.22. The largest absolute Gasteiger partial charge is 0.350 e. The summed E-state index contributed by atoms with van der Waals surface area (Å²) in [5.41, 5.74) is 0.918. The Hall–Kier alpha value is -0.880. The highest BCUT2D eigenvalue weighted by molar-refractivity contribution is 5.85. The summed E-state index contributed by atoms with van der Waals surface area (Å²) in [6.07, 6.45) is 6.33. The number of nitrogens with zero attached hydrogens (tertiary/aromatic N) is 2. The predicted molar refractivity (Wildman–Crippen MR) is 101 cm³/mol. The van der Waals surface area contributed by atoms with Crippen LogP contribution in [0.3, 0.4) is 0 Å². The van der Waals surface area contributed by atoms with Gasteiger partial charge in [0.2, 0.25) is 5.91 Å². The van der Waals surface area contributed by atoms with E-state index in [0.717, 1.165) is 44.7 Å². The molecule has 5 nitrogen and oxygen atoms in total. The van der Waals surface area contributed by atoms with Gasteiger partial charge in [-0.1, -0.05) is 6.07 Å². The molecule has 3 rings (SSSR count). The summed E-state index contributed by atoms with van der Waals surface area (Å²) in [6.45, 7) is 4.81. The first-order valence-electron chi connectivity index (χ1n) is 8.45. The molecule has 2 aliphatic heterocycles. The fourth-order valence-electron chi connectivity index (χ4n) is 3.55. The maximum atomic E-state index is 12.4. The van der Waals surface area contributed by atoms with Crippen LogP contribution >= 0.6 is 24.8 Å². The Morgan fingerprint density at radius 1 is 1.25 bits per heavy atom. The van der Waals surface area contributed by atoms with E-state index in [4.69, 9.17) is 0 Å². The fraction of sp³-hybridized carbons (Fsp3) is 0.647. The van der Waals surface area contributed by atoms with Crippen molar-refractivity contribution in [1.82, 2.24) is 20.5 Å². The van der Waals surface area contributed by atoms with Gasteiger partial charge in [-0.05, 0) is 57.5 Å². The number of piperidine rings is 2. The van der Waals surface area contributed by atoms with E-state index < -0.39 is 0 Å². The van der Waals surface area contributed by atoms with Crippen LogP contribution in [0.15, 0.2) is 24.4 Å². The van der Waals surface area contributed by atoms with Crippen LogP contribution in [-0.2, 0) is 11.3 Å². The lowest BCUT2D eigenvalue weighted by Gasteiger charge is -2.39. The summed E-state index contributed by atoms with van der Waals surface area (Å²) in [5.74, 6) is 0.316. The molecule has 7 heteroatoms. The number of hydrogen-bond donors (Lipinski definition) is 2. The molecule has 2 saturated heterocycles. The second-order valence-electron chi connectivity index (χ2n) is 6.35. The van der Waals surface area contributed by atoms with Crippen molar-refractivity contribution < 1.29 is 4.79 Å².